The highest BCUT2D eigenvalue weighted by Gasteiger charge is 2.14. The smallest absolute Gasteiger partial charge is 0.394 e. The summed E-state index contributed by atoms with van der Waals surface area (Å²) in [4.78, 5) is 21.4. The Morgan fingerprint density at radius 1 is 1.70 bits per heavy atom. The molecule has 0 bridgehead atoms. The first-order valence-electron chi connectivity index (χ1n) is 2.51. The summed E-state index contributed by atoms with van der Waals surface area (Å²) in [6.07, 6.45) is 4.83. The standard InChI is InChI=1S/C6H7NO3/c1-3-4-7(2)5(8)6(9)10/h1H,4H2,2H3,(H,9,10). The molecule has 0 saturated carbocycles. The Hall–Kier alpha value is -1.50. The fraction of sp³-hybridized carbons (Fsp3) is 0.333. The van der Waals surface area contributed by atoms with Gasteiger partial charge in [0.2, 0.25) is 0 Å². The highest BCUT2D eigenvalue weighted by molar-refractivity contribution is 6.31. The second kappa shape index (κ2) is 3.51. The van der Waals surface area contributed by atoms with Gasteiger partial charge in [-0.2, -0.15) is 0 Å². The third-order valence-electron chi connectivity index (χ3n) is 0.858. The molecule has 1 N–H and O–H groups in total. The molecule has 10 heavy (non-hydrogen) atoms. The van der Waals surface area contributed by atoms with Gasteiger partial charge in [0, 0.05) is 7.05 Å². The van der Waals surface area contributed by atoms with Gasteiger partial charge < -0.3 is 10.0 Å². The number of aliphatic carboxylic acids is 1. The first-order valence-corrected chi connectivity index (χ1v) is 2.51. The minimum Gasteiger partial charge on any atom is -0.474 e. The number of carboxylic acids is 1. The summed E-state index contributed by atoms with van der Waals surface area (Å²) in [5.74, 6) is -0.331. The van der Waals surface area contributed by atoms with E-state index >= 15 is 0 Å². The maximum atomic E-state index is 10.5. The summed E-state index contributed by atoms with van der Waals surface area (Å²) >= 11 is 0. The van der Waals surface area contributed by atoms with Gasteiger partial charge in [0.25, 0.3) is 0 Å². The average Bonchev–Trinajstić information content (AvgIpc) is 1.87. The molecule has 0 unspecified atom stereocenters. The first-order chi connectivity index (χ1) is 4.59. The molecule has 0 rings (SSSR count). The number of hydrogen-bond acceptors (Lipinski definition) is 2. The van der Waals surface area contributed by atoms with Crippen LogP contribution in [0.3, 0.4) is 0 Å². The highest BCUT2D eigenvalue weighted by Crippen LogP contribution is 1.81. The van der Waals surface area contributed by atoms with Gasteiger partial charge in [-0.05, 0) is 0 Å². The van der Waals surface area contributed by atoms with Crippen LogP contribution in [0.4, 0.5) is 0 Å². The van der Waals surface area contributed by atoms with E-state index in [1.165, 1.54) is 7.05 Å². The minimum absolute atomic E-state index is 0.0190. The van der Waals surface area contributed by atoms with Crippen LogP contribution in [0.15, 0.2) is 0 Å². The van der Waals surface area contributed by atoms with E-state index in [0.29, 0.717) is 0 Å². The molecule has 4 heteroatoms. The Balaban J connectivity index is 3.98. The van der Waals surface area contributed by atoms with Crippen molar-refractivity contribution in [2.45, 2.75) is 0 Å². The number of amides is 1. The number of carboxylic acid groups (broad SMARTS) is 1. The van der Waals surface area contributed by atoms with Crippen LogP contribution in [-0.4, -0.2) is 35.5 Å². The lowest BCUT2D eigenvalue weighted by Gasteiger charge is -2.08. The molecule has 0 saturated heterocycles. The number of terminal acetylenes is 1. The van der Waals surface area contributed by atoms with Gasteiger partial charge >= 0.3 is 11.9 Å². The van der Waals surface area contributed by atoms with Crippen molar-refractivity contribution in [3.05, 3.63) is 0 Å². The lowest BCUT2D eigenvalue weighted by atomic mass is 10.5. The van der Waals surface area contributed by atoms with Crippen LogP contribution in [0.25, 0.3) is 0 Å². The molecule has 54 valence electrons. The maximum absolute atomic E-state index is 10.5. The molecular weight excluding hydrogens is 134 g/mol. The summed E-state index contributed by atoms with van der Waals surface area (Å²) < 4.78 is 0. The van der Waals surface area contributed by atoms with Crippen LogP contribution < -0.4 is 0 Å². The lowest BCUT2D eigenvalue weighted by Crippen LogP contribution is -2.33. The average molecular weight is 141 g/mol. The number of nitrogens with zero attached hydrogens (tertiary/aromatic N) is 1. The zero-order chi connectivity index (χ0) is 8.15. The molecule has 0 aromatic heterocycles. The van der Waals surface area contributed by atoms with Crippen molar-refractivity contribution >= 4 is 11.9 Å². The number of hydrogen-bond donors (Lipinski definition) is 1. The van der Waals surface area contributed by atoms with E-state index in [0.717, 1.165) is 4.90 Å². The topological polar surface area (TPSA) is 57.6 Å². The van der Waals surface area contributed by atoms with Crippen LogP contribution in [0, 0.1) is 12.3 Å². The van der Waals surface area contributed by atoms with Crippen molar-refractivity contribution in [3.63, 3.8) is 0 Å². The lowest BCUT2D eigenvalue weighted by molar-refractivity contribution is -0.154. The third-order valence-corrected chi connectivity index (χ3v) is 0.858. The number of carbonyl (C=O) groups excluding carboxylic acids is 1. The van der Waals surface area contributed by atoms with E-state index in [1.54, 1.807) is 0 Å². The van der Waals surface area contributed by atoms with Gasteiger partial charge in [0.05, 0.1) is 6.54 Å². The van der Waals surface area contributed by atoms with E-state index in [2.05, 4.69) is 5.92 Å². The zero-order valence-electron chi connectivity index (χ0n) is 5.50. The minimum atomic E-state index is -1.49. The molecule has 1 amide bonds. The first kappa shape index (κ1) is 8.50. The highest BCUT2D eigenvalue weighted by atomic mass is 16.4. The summed E-state index contributed by atoms with van der Waals surface area (Å²) in [6.45, 7) is 0.0190. The summed E-state index contributed by atoms with van der Waals surface area (Å²) in [6, 6.07) is 0. The van der Waals surface area contributed by atoms with Crippen molar-refractivity contribution < 1.29 is 14.7 Å². The molecule has 0 aromatic rings. The molecular formula is C6H7NO3. The second-order valence-electron chi connectivity index (χ2n) is 1.67. The predicted molar refractivity (Wildman–Crippen MR) is 34.1 cm³/mol. The summed E-state index contributed by atoms with van der Waals surface area (Å²) in [5, 5.41) is 8.12. The molecule has 0 radical (unpaired) electrons. The molecule has 0 aliphatic heterocycles. The van der Waals surface area contributed by atoms with E-state index in [-0.39, 0.29) is 6.54 Å². The summed E-state index contributed by atoms with van der Waals surface area (Å²) in [5.41, 5.74) is 0. The molecule has 0 aromatic carbocycles. The molecule has 0 aliphatic rings. The van der Waals surface area contributed by atoms with E-state index < -0.39 is 11.9 Å². The van der Waals surface area contributed by atoms with Crippen molar-refractivity contribution in [2.75, 3.05) is 13.6 Å². The fourth-order valence-corrected chi connectivity index (χ4v) is 0.372. The van der Waals surface area contributed by atoms with E-state index in [4.69, 9.17) is 11.5 Å². The van der Waals surface area contributed by atoms with Gasteiger partial charge in [-0.15, -0.1) is 6.42 Å². The Labute approximate surface area is 58.4 Å². The SMILES string of the molecule is C#CCN(C)C(=O)C(=O)O. The largest absolute Gasteiger partial charge is 0.474 e. The summed E-state index contributed by atoms with van der Waals surface area (Å²) in [7, 11) is 1.33. The third kappa shape index (κ3) is 2.18. The van der Waals surface area contributed by atoms with Gasteiger partial charge in [-0.25, -0.2) is 4.79 Å². The van der Waals surface area contributed by atoms with Crippen molar-refractivity contribution in [3.8, 4) is 12.3 Å². The van der Waals surface area contributed by atoms with Crippen LogP contribution in [0.5, 0.6) is 0 Å². The normalized spacial score (nSPS) is 8.00. The van der Waals surface area contributed by atoms with Gasteiger partial charge in [-0.3, -0.25) is 4.79 Å². The Kier molecular flexibility index (Phi) is 2.98. The van der Waals surface area contributed by atoms with E-state index in [1.807, 2.05) is 0 Å². The Morgan fingerprint density at radius 2 is 2.20 bits per heavy atom. The molecule has 0 atom stereocenters. The van der Waals surface area contributed by atoms with Crippen molar-refractivity contribution in [1.82, 2.24) is 4.90 Å². The second-order valence-corrected chi connectivity index (χ2v) is 1.67. The Bertz CT molecular complexity index is 192. The maximum Gasteiger partial charge on any atom is 0.394 e. The predicted octanol–water partition coefficient (Wildman–Crippen LogP) is -0.837. The van der Waals surface area contributed by atoms with Gasteiger partial charge in [0.15, 0.2) is 0 Å². The molecule has 4 nitrogen and oxygen atoms in total. The molecule has 0 fully saturated rings. The van der Waals surface area contributed by atoms with Gasteiger partial charge in [0.1, 0.15) is 0 Å². The molecule has 0 aliphatic carbocycles. The monoisotopic (exact) mass is 141 g/mol. The van der Waals surface area contributed by atoms with Crippen LogP contribution in [-0.2, 0) is 9.59 Å². The number of rotatable bonds is 1. The van der Waals surface area contributed by atoms with E-state index in [9.17, 15) is 9.59 Å². The molecule has 0 spiro atoms. The van der Waals surface area contributed by atoms with Crippen molar-refractivity contribution in [2.24, 2.45) is 0 Å². The Morgan fingerprint density at radius 3 is 2.50 bits per heavy atom. The van der Waals surface area contributed by atoms with Crippen molar-refractivity contribution in [1.29, 1.82) is 0 Å². The van der Waals surface area contributed by atoms with Crippen LogP contribution >= 0.6 is 0 Å². The number of carbonyl (C=O) groups is 2. The fourth-order valence-electron chi connectivity index (χ4n) is 0.372. The van der Waals surface area contributed by atoms with Gasteiger partial charge in [-0.1, -0.05) is 5.92 Å². The zero-order valence-corrected chi connectivity index (χ0v) is 5.50. The molecule has 0 heterocycles. The number of likely N-dealkylation sites (N-methyl/N-ethyl adjacent to an activating group) is 1. The van der Waals surface area contributed by atoms with Crippen LogP contribution in [0.2, 0.25) is 0 Å². The quantitative estimate of drug-likeness (QED) is 0.382. The van der Waals surface area contributed by atoms with Crippen LogP contribution in [0.1, 0.15) is 0 Å².